The van der Waals surface area contributed by atoms with Crippen LogP contribution in [0.25, 0.3) is 0 Å². The van der Waals surface area contributed by atoms with Crippen LogP contribution in [0.5, 0.6) is 11.5 Å². The topological polar surface area (TPSA) is 506 Å². The number of hydrazine groups is 1. The van der Waals surface area contributed by atoms with Gasteiger partial charge in [0.1, 0.15) is 32.9 Å². The number of imide groups is 2. The molecule has 141 heavy (non-hydrogen) atoms. The van der Waals surface area contributed by atoms with Crippen molar-refractivity contribution in [3.63, 3.8) is 0 Å². The Morgan fingerprint density at radius 2 is 0.879 bits per heavy atom. The molecule has 0 spiro atoms. The van der Waals surface area contributed by atoms with E-state index < -0.39 is 217 Å². The number of Topliss-reactive ketones (excluding diaryl/α,β-unsaturated/α-hetero) is 2. The molecule has 5 aliphatic heterocycles. The maximum atomic E-state index is 15.0. The number of anilines is 2. The lowest BCUT2D eigenvalue weighted by atomic mass is 9.83. The first-order chi connectivity index (χ1) is 66.7. The number of hydrogen-bond acceptors (Lipinski definition) is 30. The van der Waals surface area contributed by atoms with Crippen LogP contribution < -0.4 is 21.3 Å². The number of thioether (sulfide) groups is 2. The third-order valence-electron chi connectivity index (χ3n) is 27.7. The van der Waals surface area contributed by atoms with Gasteiger partial charge in [-0.1, -0.05) is 107 Å². The smallest absolute Gasteiger partial charge is 0.306 e. The second-order valence-electron chi connectivity index (χ2n) is 38.8. The minimum atomic E-state index is -1.20. The number of amides is 12. The first kappa shape index (κ1) is 114. The number of aromatic nitrogens is 2. The molecule has 0 saturated carbocycles. The summed E-state index contributed by atoms with van der Waals surface area (Å²) in [6.07, 6.45) is 0.944. The summed E-state index contributed by atoms with van der Waals surface area (Å²) in [5, 5.41) is 57.5. The molecule has 2 aromatic carbocycles. The molecule has 5 saturated heterocycles. The third-order valence-corrected chi connectivity index (χ3v) is 32.2. The van der Waals surface area contributed by atoms with Crippen LogP contribution in [0, 0.1) is 47.3 Å². The van der Waals surface area contributed by atoms with Crippen LogP contribution in [-0.2, 0) is 99.0 Å². The molecule has 2 aromatic heterocycles. The summed E-state index contributed by atoms with van der Waals surface area (Å²) in [5.74, 6) is -16.9. The van der Waals surface area contributed by atoms with Gasteiger partial charge in [0.05, 0.1) is 58.9 Å². The molecule has 12 amide bonds. The number of phenols is 2. The molecule has 774 valence electrons. The SMILES string of the molecule is CC[C@H](C)[C@H](CC(=O)C1CCCCN1C)C(=O)N(C)[C@H](C[C@@H](OC(C)=O)c1nc(C(=O)N[C@@H](Cc2ccc(O)c(NC(=O)CCN3C(=O)CCN4C(=O)CC(SCSC5CC(=O)N(CCC(=O)N3CCC(=O)Nc3cc(C[C@@H](CC(C)C(=O)O)NC(=O)c6csc([C@@H](C[C@H](C(C)C)N(C)C(=O)[C@@H](CC(=O)C7CCCCN7C)[C@@H](C)CC)OC(C)=O)n6)ccc3O)C5=O)C4=O)c2)CC(C)C(=O)O)cs1)C(C)C. The lowest BCUT2D eigenvalue weighted by Crippen LogP contribution is -2.53. The van der Waals surface area contributed by atoms with E-state index >= 15 is 9.59 Å². The van der Waals surface area contributed by atoms with Crippen LogP contribution >= 0.6 is 46.2 Å². The summed E-state index contributed by atoms with van der Waals surface area (Å²) in [6.45, 7) is 20.0. The number of piperidine rings is 2. The summed E-state index contributed by atoms with van der Waals surface area (Å²) >= 11 is 4.22. The van der Waals surface area contributed by atoms with E-state index in [1.54, 1.807) is 23.9 Å². The Morgan fingerprint density at radius 1 is 0.511 bits per heavy atom. The van der Waals surface area contributed by atoms with Crippen LogP contribution in [0.2, 0.25) is 0 Å². The van der Waals surface area contributed by atoms with Crippen molar-refractivity contribution in [2.45, 2.75) is 283 Å². The van der Waals surface area contributed by atoms with Gasteiger partial charge in [0.2, 0.25) is 59.1 Å². The Labute approximate surface area is 840 Å². The van der Waals surface area contributed by atoms with Gasteiger partial charge in [-0.15, -0.1) is 46.2 Å². The van der Waals surface area contributed by atoms with Gasteiger partial charge in [-0.05, 0) is 138 Å². The van der Waals surface area contributed by atoms with Gasteiger partial charge in [0.15, 0.2) is 23.8 Å². The number of thiazole rings is 2. The molecule has 5 aliphatic rings. The fraction of sp³-hybridized carbons (Fsp3) is 0.636. The van der Waals surface area contributed by atoms with E-state index in [9.17, 15) is 97.1 Å². The van der Waals surface area contributed by atoms with Crippen LogP contribution in [0.4, 0.5) is 11.4 Å². The number of hydrogen-bond donors (Lipinski definition) is 8. The number of rotatable bonds is 46. The number of likely N-dealkylation sites (tertiary alicyclic amines) is 2. The van der Waals surface area contributed by atoms with Crippen LogP contribution in [0.15, 0.2) is 47.2 Å². The summed E-state index contributed by atoms with van der Waals surface area (Å²) in [6, 6.07) is 4.50. The number of carbonyl (C=O) groups is 18. The summed E-state index contributed by atoms with van der Waals surface area (Å²) in [4.78, 5) is 269. The number of ketones is 2. The highest BCUT2D eigenvalue weighted by Crippen LogP contribution is 2.40. The molecular weight excluding hydrogens is 1900 g/mol. The van der Waals surface area contributed by atoms with Crippen LogP contribution in [0.1, 0.15) is 266 Å². The van der Waals surface area contributed by atoms with E-state index in [1.165, 1.54) is 74.9 Å². The number of fused-ring (bicyclic) bond motifs is 4. The van der Waals surface area contributed by atoms with E-state index in [0.29, 0.717) is 36.8 Å². The fourth-order valence-corrected chi connectivity index (χ4v) is 23.3. The number of benzene rings is 2. The van der Waals surface area contributed by atoms with E-state index in [2.05, 4.69) is 31.2 Å². The number of aromatic hydroxyl groups is 2. The lowest BCUT2D eigenvalue weighted by Gasteiger charge is -2.37. The van der Waals surface area contributed by atoms with Crippen molar-refractivity contribution in [1.29, 1.82) is 0 Å². The Hall–Kier alpha value is -10.8. The molecule has 8 N–H and O–H groups in total. The van der Waals surface area contributed by atoms with Crippen molar-refractivity contribution in [2.24, 2.45) is 47.3 Å². The molecule has 38 nitrogen and oxygen atoms in total. The average molecular weight is 2040 g/mol. The van der Waals surface area contributed by atoms with Crippen molar-refractivity contribution in [3.8, 4) is 11.5 Å². The van der Waals surface area contributed by atoms with E-state index in [-0.39, 0.29) is 161 Å². The molecule has 0 aliphatic carbocycles. The summed E-state index contributed by atoms with van der Waals surface area (Å²) in [7, 11) is 7.20. The molecule has 4 bridgehead atoms. The van der Waals surface area contributed by atoms with E-state index in [0.717, 1.165) is 105 Å². The van der Waals surface area contributed by atoms with Gasteiger partial charge in [0.25, 0.3) is 11.8 Å². The Balaban J connectivity index is 0.921. The maximum absolute atomic E-state index is 15.0. The van der Waals surface area contributed by atoms with Crippen molar-refractivity contribution < 1.29 is 116 Å². The Morgan fingerprint density at radius 3 is 1.21 bits per heavy atom. The Bertz CT molecular complexity index is 4880. The number of carboxylic acids is 2. The van der Waals surface area contributed by atoms with Gasteiger partial charge < -0.3 is 61.0 Å². The van der Waals surface area contributed by atoms with Crippen molar-refractivity contribution in [3.05, 3.63) is 79.7 Å². The number of likely N-dealkylation sites (N-methyl/N-ethyl adjacent to an activating group) is 2. The maximum Gasteiger partial charge on any atom is 0.306 e. The number of nitrogens with zero attached hydrogens (tertiary/aromatic N) is 10. The van der Waals surface area contributed by atoms with Gasteiger partial charge in [-0.25, -0.2) is 9.97 Å². The second-order valence-corrected chi connectivity index (χ2v) is 43.3. The lowest BCUT2D eigenvalue weighted by molar-refractivity contribution is -0.166. The molecule has 4 aromatic rings. The standard InChI is InChI=1S/C99H140N14O24S4/c1-17-56(7)66(45-78(118)72-23-19-21-33-106(72)13)94(128)108(15)74(54(3)4)47-80(136-60(11)114)92-104-70(51-138-92)90(126)100-64(39-58(9)98(132)133)41-62-25-27-76(116)68(43-62)102-84(120)29-37-112-86(122)31-35-110-88(124)49-82(96(110)130)140-53-141-83-50-89(125)111(97(83)131)36-32-87(123)113(112)38-30-85(121)103-69-44-63(26-28-77(69)117)42-65(40-59(10)99(134)135)101-91(127)71-52-139-93(105-71)81(137-61(12)115)48-75(55(5)6)109(16)95(129)67(57(8)18-2)46-79(119)73-24-20-22-34-107(73)14/h25-28,43-44,51-52,54-59,64-67,72-75,80-83,116-117H,17-24,29-42,45-50,53H2,1-16H3,(H,100,126)(H,101,127)(H,102,120)(H,103,121)(H,132,133)(H,134,135)/t56-,57-,58?,59?,64+,65+,66-,67-,72?,73?,74+,75+,80+,81+,82?,83?/m0/s1. The highest BCUT2D eigenvalue weighted by Gasteiger charge is 2.46. The average Bonchev–Trinajstić information content (AvgIpc) is 1.70. The molecule has 6 unspecified atom stereocenters. The van der Waals surface area contributed by atoms with Gasteiger partial charge in [0, 0.05) is 157 Å². The predicted molar refractivity (Wildman–Crippen MR) is 529 cm³/mol. The molecular formula is C99H140N14O24S4. The second kappa shape index (κ2) is 53.0. The van der Waals surface area contributed by atoms with Crippen LogP contribution in [-0.4, -0.2) is 295 Å². The monoisotopic (exact) mass is 2040 g/mol. The number of aliphatic carboxylic acids is 2. The summed E-state index contributed by atoms with van der Waals surface area (Å²) < 4.78 is 11.8. The first-order valence-electron chi connectivity index (χ1n) is 48.7. The number of ether oxygens (including phenoxy) is 2. The summed E-state index contributed by atoms with van der Waals surface area (Å²) in [5.41, 5.74) is 0.0381. The number of carbonyl (C=O) groups excluding carboxylic acids is 16. The molecule has 7 heterocycles. The molecule has 16 atom stereocenters. The van der Waals surface area contributed by atoms with Gasteiger partial charge in [-0.3, -0.25) is 116 Å². The van der Waals surface area contributed by atoms with E-state index in [1.807, 2.05) is 79.3 Å². The number of nitrogens with one attached hydrogen (secondary N) is 4. The zero-order valence-electron chi connectivity index (χ0n) is 83.6. The minimum Gasteiger partial charge on any atom is -0.506 e. The van der Waals surface area contributed by atoms with E-state index in [4.69, 9.17) is 9.47 Å². The zero-order valence-corrected chi connectivity index (χ0v) is 86.8. The van der Waals surface area contributed by atoms with Crippen molar-refractivity contribution in [2.75, 3.05) is 83.2 Å². The molecule has 5 fully saturated rings. The Kier molecular flexibility index (Phi) is 42.7. The predicted octanol–water partition coefficient (Wildman–Crippen LogP) is 10.5. The quantitative estimate of drug-likeness (QED) is 0.0116. The normalized spacial score (nSPS) is 20.2. The van der Waals surface area contributed by atoms with Gasteiger partial charge in [-0.2, -0.15) is 0 Å². The van der Waals surface area contributed by atoms with Crippen LogP contribution in [0.3, 0.4) is 0 Å². The highest BCUT2D eigenvalue weighted by atomic mass is 32.2. The highest BCUT2D eigenvalue weighted by molar-refractivity contribution is 8.17. The molecule has 9 rings (SSSR count). The number of carboxylic acid groups (broad SMARTS) is 2. The number of esters is 2. The largest absolute Gasteiger partial charge is 0.506 e. The minimum absolute atomic E-state index is 0.0129. The zero-order chi connectivity index (χ0) is 104. The molecule has 42 heteroatoms. The number of phenolic OH excluding ortho intramolecular Hbond substituents is 2. The van der Waals surface area contributed by atoms with Crippen molar-refractivity contribution >= 4 is 164 Å². The fourth-order valence-electron chi connectivity index (χ4n) is 18.9. The third kappa shape index (κ3) is 31.6. The van der Waals surface area contributed by atoms with Gasteiger partial charge >= 0.3 is 23.9 Å². The van der Waals surface area contributed by atoms with Crippen molar-refractivity contribution in [1.82, 2.24) is 60.0 Å². The molecule has 0 radical (unpaired) electrons. The first-order valence-corrected chi connectivity index (χ1v) is 52.6.